The Kier molecular flexibility index (Phi) is 5.10. The van der Waals surface area contributed by atoms with Crippen molar-refractivity contribution in [3.05, 3.63) is 10.5 Å². The zero-order valence-corrected chi connectivity index (χ0v) is 9.92. The van der Waals surface area contributed by atoms with Crippen molar-refractivity contribution in [1.82, 2.24) is 14.8 Å². The second-order valence-corrected chi connectivity index (χ2v) is 4.29. The predicted octanol–water partition coefficient (Wildman–Crippen LogP) is 0.938. The maximum absolute atomic E-state index is 11.4. The van der Waals surface area contributed by atoms with Gasteiger partial charge in [-0.15, -0.1) is 5.10 Å². The van der Waals surface area contributed by atoms with Crippen LogP contribution in [0, 0.1) is 0 Å². The quantitative estimate of drug-likeness (QED) is 0.551. The summed E-state index contributed by atoms with van der Waals surface area (Å²) in [4.78, 5) is 21.8. The first-order valence-electron chi connectivity index (χ1n) is 5.15. The third-order valence-corrected chi connectivity index (χ3v) is 2.99. The Morgan fingerprint density at radius 3 is 2.94 bits per heavy atom. The molecule has 0 radical (unpaired) electrons. The van der Waals surface area contributed by atoms with Crippen LogP contribution in [0.1, 0.15) is 26.2 Å². The summed E-state index contributed by atoms with van der Waals surface area (Å²) in [5.41, 5.74) is -0.274. The molecule has 0 saturated heterocycles. The molecule has 0 bridgehead atoms. The zero-order chi connectivity index (χ0) is 12.0. The van der Waals surface area contributed by atoms with Crippen LogP contribution < -0.4 is 5.69 Å². The molecular formula is C9H15N3O3S. The zero-order valence-electron chi connectivity index (χ0n) is 9.10. The Labute approximate surface area is 97.1 Å². The first-order chi connectivity index (χ1) is 7.65. The van der Waals surface area contributed by atoms with E-state index in [4.69, 9.17) is 5.11 Å². The summed E-state index contributed by atoms with van der Waals surface area (Å²) < 4.78 is 1.49. The van der Waals surface area contributed by atoms with Crippen molar-refractivity contribution in [1.29, 1.82) is 0 Å². The fourth-order valence-corrected chi connectivity index (χ4v) is 1.95. The Hall–Kier alpha value is -1.24. The molecule has 0 unspecified atom stereocenters. The molecule has 0 aliphatic carbocycles. The number of rotatable bonds is 7. The van der Waals surface area contributed by atoms with Crippen LogP contribution in [-0.2, 0) is 11.3 Å². The van der Waals surface area contributed by atoms with Crippen molar-refractivity contribution < 1.29 is 9.90 Å². The molecule has 7 heteroatoms. The molecule has 16 heavy (non-hydrogen) atoms. The topological polar surface area (TPSA) is 88.0 Å². The molecule has 1 aromatic heterocycles. The maximum atomic E-state index is 11.4. The minimum absolute atomic E-state index is 0.0852. The summed E-state index contributed by atoms with van der Waals surface area (Å²) in [5.74, 6) is -1.00. The molecule has 0 saturated carbocycles. The van der Waals surface area contributed by atoms with E-state index in [1.807, 2.05) is 0 Å². The minimum atomic E-state index is -0.916. The number of H-pyrrole nitrogens is 1. The van der Waals surface area contributed by atoms with Crippen LogP contribution in [0.15, 0.2) is 9.95 Å². The van der Waals surface area contributed by atoms with Gasteiger partial charge in [-0.1, -0.05) is 31.5 Å². The fraction of sp³-hybridized carbons (Fsp3) is 0.667. The minimum Gasteiger partial charge on any atom is -0.481 e. The molecule has 1 aromatic rings. The van der Waals surface area contributed by atoms with Gasteiger partial charge >= 0.3 is 11.7 Å². The van der Waals surface area contributed by atoms with Crippen LogP contribution in [0.2, 0.25) is 0 Å². The van der Waals surface area contributed by atoms with Crippen molar-refractivity contribution in [2.45, 2.75) is 37.9 Å². The SMILES string of the molecule is CCCCCn1c(SCC(=O)O)n[nH]c1=O. The van der Waals surface area contributed by atoms with Gasteiger partial charge in [0.15, 0.2) is 5.16 Å². The third-order valence-electron chi connectivity index (χ3n) is 2.03. The van der Waals surface area contributed by atoms with E-state index in [1.54, 1.807) is 0 Å². The molecule has 0 aliphatic heterocycles. The number of hydrogen-bond acceptors (Lipinski definition) is 4. The molecule has 0 amide bonds. The first kappa shape index (κ1) is 12.8. The number of unbranched alkanes of at least 4 members (excludes halogenated alkanes) is 2. The van der Waals surface area contributed by atoms with Crippen molar-refractivity contribution in [2.24, 2.45) is 0 Å². The number of carboxylic acids is 1. The molecule has 1 rings (SSSR count). The van der Waals surface area contributed by atoms with E-state index in [0.717, 1.165) is 31.0 Å². The monoisotopic (exact) mass is 245 g/mol. The van der Waals surface area contributed by atoms with E-state index in [-0.39, 0.29) is 11.4 Å². The number of aromatic amines is 1. The van der Waals surface area contributed by atoms with Gasteiger partial charge in [0.05, 0.1) is 5.75 Å². The van der Waals surface area contributed by atoms with Gasteiger partial charge in [0.25, 0.3) is 0 Å². The standard InChI is InChI=1S/C9H15N3O3S/c1-2-3-4-5-12-8(15)10-11-9(12)16-6-7(13)14/h2-6H2,1H3,(H,10,15)(H,13,14). The van der Waals surface area contributed by atoms with Crippen molar-refractivity contribution in [3.8, 4) is 0 Å². The van der Waals surface area contributed by atoms with E-state index in [0.29, 0.717) is 11.7 Å². The number of carbonyl (C=O) groups is 1. The molecule has 0 spiro atoms. The van der Waals surface area contributed by atoms with Gasteiger partial charge in [-0.25, -0.2) is 9.89 Å². The van der Waals surface area contributed by atoms with Crippen LogP contribution in [0.25, 0.3) is 0 Å². The summed E-state index contributed by atoms with van der Waals surface area (Å²) in [6.45, 7) is 2.67. The van der Waals surface area contributed by atoms with Gasteiger partial charge in [-0.2, -0.15) is 0 Å². The lowest BCUT2D eigenvalue weighted by molar-refractivity contribution is -0.133. The molecule has 1 heterocycles. The summed E-state index contributed by atoms with van der Waals surface area (Å²) >= 11 is 1.06. The highest BCUT2D eigenvalue weighted by Crippen LogP contribution is 2.13. The molecule has 0 aromatic carbocycles. The van der Waals surface area contributed by atoms with Gasteiger partial charge in [0, 0.05) is 6.54 Å². The average molecular weight is 245 g/mol. The molecule has 90 valence electrons. The van der Waals surface area contributed by atoms with Crippen LogP contribution in [-0.4, -0.2) is 31.6 Å². The number of nitrogens with one attached hydrogen (secondary N) is 1. The number of aromatic nitrogens is 3. The second kappa shape index (κ2) is 6.37. The van der Waals surface area contributed by atoms with E-state index in [1.165, 1.54) is 4.57 Å². The molecule has 6 nitrogen and oxygen atoms in total. The highest BCUT2D eigenvalue weighted by Gasteiger charge is 2.09. The highest BCUT2D eigenvalue weighted by atomic mass is 32.2. The Morgan fingerprint density at radius 1 is 1.56 bits per heavy atom. The normalized spacial score (nSPS) is 10.6. The summed E-state index contributed by atoms with van der Waals surface area (Å²) in [6, 6.07) is 0. The number of carboxylic acid groups (broad SMARTS) is 1. The number of nitrogens with zero attached hydrogens (tertiary/aromatic N) is 2. The van der Waals surface area contributed by atoms with Crippen molar-refractivity contribution in [3.63, 3.8) is 0 Å². The predicted molar refractivity (Wildman–Crippen MR) is 60.7 cm³/mol. The van der Waals surface area contributed by atoms with Crippen molar-refractivity contribution >= 4 is 17.7 Å². The average Bonchev–Trinajstić information content (AvgIpc) is 2.58. The summed E-state index contributed by atoms with van der Waals surface area (Å²) in [7, 11) is 0. The lowest BCUT2D eigenvalue weighted by Gasteiger charge is -2.03. The molecule has 2 N–H and O–H groups in total. The fourth-order valence-electron chi connectivity index (χ4n) is 1.26. The van der Waals surface area contributed by atoms with Gasteiger partial charge in [-0.3, -0.25) is 9.36 Å². The van der Waals surface area contributed by atoms with Crippen molar-refractivity contribution in [2.75, 3.05) is 5.75 Å². The molecular weight excluding hydrogens is 230 g/mol. The smallest absolute Gasteiger partial charge is 0.343 e. The Balaban J connectivity index is 2.62. The van der Waals surface area contributed by atoms with E-state index >= 15 is 0 Å². The van der Waals surface area contributed by atoms with E-state index in [9.17, 15) is 9.59 Å². The second-order valence-electron chi connectivity index (χ2n) is 3.35. The number of thioether (sulfide) groups is 1. The van der Waals surface area contributed by atoms with Gasteiger partial charge in [0.2, 0.25) is 0 Å². The van der Waals surface area contributed by atoms with Crippen LogP contribution >= 0.6 is 11.8 Å². The maximum Gasteiger partial charge on any atom is 0.343 e. The Morgan fingerprint density at radius 2 is 2.31 bits per heavy atom. The summed E-state index contributed by atoms with van der Waals surface area (Å²) in [5, 5.41) is 15.1. The van der Waals surface area contributed by atoms with Crippen LogP contribution in [0.4, 0.5) is 0 Å². The lowest BCUT2D eigenvalue weighted by Crippen LogP contribution is -2.18. The number of aliphatic carboxylic acids is 1. The Bertz CT molecular complexity index is 399. The van der Waals surface area contributed by atoms with E-state index < -0.39 is 5.97 Å². The lowest BCUT2D eigenvalue weighted by atomic mass is 10.2. The van der Waals surface area contributed by atoms with Crippen LogP contribution in [0.5, 0.6) is 0 Å². The van der Waals surface area contributed by atoms with Gasteiger partial charge < -0.3 is 5.11 Å². The van der Waals surface area contributed by atoms with E-state index in [2.05, 4.69) is 17.1 Å². The third kappa shape index (κ3) is 3.73. The summed E-state index contributed by atoms with van der Waals surface area (Å²) in [6.07, 6.45) is 3.02. The van der Waals surface area contributed by atoms with Gasteiger partial charge in [0.1, 0.15) is 0 Å². The molecule has 0 atom stereocenters. The molecule has 0 aliphatic rings. The largest absolute Gasteiger partial charge is 0.481 e. The molecule has 0 fully saturated rings. The van der Waals surface area contributed by atoms with Gasteiger partial charge in [-0.05, 0) is 6.42 Å². The number of hydrogen-bond donors (Lipinski definition) is 2. The first-order valence-corrected chi connectivity index (χ1v) is 6.13. The van der Waals surface area contributed by atoms with Crippen LogP contribution in [0.3, 0.4) is 0 Å². The highest BCUT2D eigenvalue weighted by molar-refractivity contribution is 7.99.